The van der Waals surface area contributed by atoms with Crippen molar-refractivity contribution in [3.05, 3.63) is 11.8 Å². The van der Waals surface area contributed by atoms with Crippen molar-refractivity contribution in [3.8, 4) is 0 Å². The zero-order chi connectivity index (χ0) is 10.4. The highest BCUT2D eigenvalue weighted by Crippen LogP contribution is 2.21. The van der Waals surface area contributed by atoms with Gasteiger partial charge in [0.1, 0.15) is 11.6 Å². The second-order valence-corrected chi connectivity index (χ2v) is 3.23. The van der Waals surface area contributed by atoms with Gasteiger partial charge >= 0.3 is 0 Å². The highest BCUT2D eigenvalue weighted by molar-refractivity contribution is 5.88. The number of aliphatic hydroxyl groups excluding tert-OH is 1. The van der Waals surface area contributed by atoms with Crippen LogP contribution in [0.1, 0.15) is 34.6 Å². The average Bonchev–Trinajstić information content (AvgIpc) is 1.88. The molecule has 3 nitrogen and oxygen atoms in total. The summed E-state index contributed by atoms with van der Waals surface area (Å²) in [7, 11) is 0. The van der Waals surface area contributed by atoms with Crippen molar-refractivity contribution < 1.29 is 5.11 Å². The molecular weight excluding hydrogens is 152 g/mol. The summed E-state index contributed by atoms with van der Waals surface area (Å²) < 4.78 is 0. The van der Waals surface area contributed by atoms with Gasteiger partial charge in [-0.2, -0.15) is 0 Å². The molecule has 0 aliphatic heterocycles. The predicted molar refractivity (Wildman–Crippen MR) is 53.4 cm³/mol. The molecule has 0 aromatic heterocycles. The Hall–Kier alpha value is -0.990. The second kappa shape index (κ2) is 5.63. The number of amidine groups is 1. The normalized spacial score (nSPS) is 11.6. The van der Waals surface area contributed by atoms with Crippen LogP contribution < -0.4 is 5.73 Å². The Bertz CT molecular complexity index is 166. The molecule has 0 amide bonds. The molecule has 4 N–H and O–H groups in total. The molecular formula is C9H20N2O. The average molecular weight is 172 g/mol. The molecule has 0 aromatic carbocycles. The highest BCUT2D eigenvalue weighted by atomic mass is 16.3. The lowest BCUT2D eigenvalue weighted by molar-refractivity contribution is 0.278. The smallest absolute Gasteiger partial charge is 0.118 e. The molecule has 0 saturated carbocycles. The van der Waals surface area contributed by atoms with Crippen LogP contribution in [-0.2, 0) is 0 Å². The Labute approximate surface area is 74.8 Å². The Balaban J connectivity index is 0. The standard InChI is InChI=1S/C7H14N2O.C2H6/c1-7(2,3)5(10)4-6(8)9;1-2/h4,10H,1-3H3,(H3,8,9);1-2H3/b5-4-;. The number of nitrogens with two attached hydrogens (primary N) is 1. The molecule has 0 aliphatic rings. The molecule has 0 heterocycles. The highest BCUT2D eigenvalue weighted by Gasteiger charge is 2.15. The summed E-state index contributed by atoms with van der Waals surface area (Å²) >= 11 is 0. The molecule has 0 rings (SSSR count). The van der Waals surface area contributed by atoms with Crippen molar-refractivity contribution in [3.63, 3.8) is 0 Å². The van der Waals surface area contributed by atoms with E-state index in [0.29, 0.717) is 0 Å². The maximum absolute atomic E-state index is 9.20. The van der Waals surface area contributed by atoms with Crippen LogP contribution in [0.2, 0.25) is 0 Å². The summed E-state index contributed by atoms with van der Waals surface area (Å²) in [4.78, 5) is 0. The topological polar surface area (TPSA) is 70.1 Å². The van der Waals surface area contributed by atoms with Crippen molar-refractivity contribution in [2.75, 3.05) is 0 Å². The zero-order valence-corrected chi connectivity index (χ0v) is 8.60. The van der Waals surface area contributed by atoms with Crippen LogP contribution >= 0.6 is 0 Å². The van der Waals surface area contributed by atoms with Crippen LogP contribution in [0.3, 0.4) is 0 Å². The van der Waals surface area contributed by atoms with Crippen molar-refractivity contribution in [1.29, 1.82) is 5.41 Å². The van der Waals surface area contributed by atoms with E-state index in [-0.39, 0.29) is 17.0 Å². The zero-order valence-electron chi connectivity index (χ0n) is 8.60. The first-order valence-corrected chi connectivity index (χ1v) is 4.09. The Morgan fingerprint density at radius 1 is 1.33 bits per heavy atom. The minimum absolute atomic E-state index is 0.118. The molecule has 0 saturated heterocycles. The van der Waals surface area contributed by atoms with Crippen LogP contribution in [0.4, 0.5) is 0 Å². The summed E-state index contributed by atoms with van der Waals surface area (Å²) in [6.07, 6.45) is 1.25. The van der Waals surface area contributed by atoms with Crippen LogP contribution in [-0.4, -0.2) is 10.9 Å². The van der Waals surface area contributed by atoms with Gasteiger partial charge in [0.05, 0.1) is 0 Å². The van der Waals surface area contributed by atoms with E-state index >= 15 is 0 Å². The van der Waals surface area contributed by atoms with Gasteiger partial charge in [0.2, 0.25) is 0 Å². The maximum atomic E-state index is 9.20. The fourth-order valence-electron chi connectivity index (χ4n) is 0.364. The van der Waals surface area contributed by atoms with Gasteiger partial charge in [-0.25, -0.2) is 0 Å². The van der Waals surface area contributed by atoms with Gasteiger partial charge in [0, 0.05) is 11.5 Å². The molecule has 0 spiro atoms. The van der Waals surface area contributed by atoms with E-state index in [4.69, 9.17) is 11.1 Å². The molecule has 0 unspecified atom stereocenters. The first-order valence-electron chi connectivity index (χ1n) is 4.09. The summed E-state index contributed by atoms with van der Waals surface area (Å²) in [5, 5.41) is 16.0. The van der Waals surface area contributed by atoms with Crippen molar-refractivity contribution in [2.45, 2.75) is 34.6 Å². The van der Waals surface area contributed by atoms with Gasteiger partial charge in [-0.15, -0.1) is 0 Å². The molecule has 72 valence electrons. The van der Waals surface area contributed by atoms with Gasteiger partial charge in [-0.1, -0.05) is 34.6 Å². The minimum Gasteiger partial charge on any atom is -0.512 e. The maximum Gasteiger partial charge on any atom is 0.118 e. The van der Waals surface area contributed by atoms with Crippen LogP contribution in [0.5, 0.6) is 0 Å². The number of hydrogen-bond donors (Lipinski definition) is 3. The first kappa shape index (κ1) is 13.6. The van der Waals surface area contributed by atoms with E-state index < -0.39 is 0 Å². The summed E-state index contributed by atoms with van der Waals surface area (Å²) in [5.74, 6) is 0.0208. The quantitative estimate of drug-likeness (QED) is 0.323. The number of allylic oxidation sites excluding steroid dienone is 1. The predicted octanol–water partition coefficient (Wildman–Crippen LogP) is 2.44. The summed E-state index contributed by atoms with van der Waals surface area (Å²) in [6, 6.07) is 0. The van der Waals surface area contributed by atoms with E-state index in [1.165, 1.54) is 6.08 Å². The van der Waals surface area contributed by atoms with Crippen LogP contribution in [0.25, 0.3) is 0 Å². The van der Waals surface area contributed by atoms with E-state index in [2.05, 4.69) is 0 Å². The fourth-order valence-corrected chi connectivity index (χ4v) is 0.364. The van der Waals surface area contributed by atoms with Crippen molar-refractivity contribution >= 4 is 5.84 Å². The monoisotopic (exact) mass is 172 g/mol. The van der Waals surface area contributed by atoms with Crippen LogP contribution in [0, 0.1) is 10.8 Å². The largest absolute Gasteiger partial charge is 0.512 e. The lowest BCUT2D eigenvalue weighted by atomic mass is 9.93. The van der Waals surface area contributed by atoms with Gasteiger partial charge in [0.25, 0.3) is 0 Å². The lowest BCUT2D eigenvalue weighted by Gasteiger charge is -2.16. The summed E-state index contributed by atoms with van der Waals surface area (Å²) in [6.45, 7) is 9.55. The lowest BCUT2D eigenvalue weighted by Crippen LogP contribution is -2.14. The van der Waals surface area contributed by atoms with Crippen molar-refractivity contribution in [1.82, 2.24) is 0 Å². The molecule has 0 aromatic rings. The van der Waals surface area contributed by atoms with E-state index in [0.717, 1.165) is 0 Å². The SMILES string of the molecule is CC.CC(C)(C)/C(O)=C/C(=N)N. The third-order valence-corrected chi connectivity index (χ3v) is 1.06. The van der Waals surface area contributed by atoms with Crippen molar-refractivity contribution in [2.24, 2.45) is 11.1 Å². The molecule has 0 radical (unpaired) electrons. The van der Waals surface area contributed by atoms with Gasteiger partial charge < -0.3 is 10.8 Å². The second-order valence-electron chi connectivity index (χ2n) is 3.23. The fraction of sp³-hybridized carbons (Fsp3) is 0.667. The number of nitrogens with one attached hydrogen (secondary N) is 1. The Kier molecular flexibility index (Phi) is 6.38. The summed E-state index contributed by atoms with van der Waals surface area (Å²) in [5.41, 5.74) is 4.72. The molecule has 0 fully saturated rings. The molecule has 0 aliphatic carbocycles. The third kappa shape index (κ3) is 7.12. The van der Waals surface area contributed by atoms with Gasteiger partial charge in [-0.3, -0.25) is 5.41 Å². The van der Waals surface area contributed by atoms with E-state index in [1.54, 1.807) is 0 Å². The number of rotatable bonds is 1. The van der Waals surface area contributed by atoms with E-state index in [1.807, 2.05) is 34.6 Å². The Morgan fingerprint density at radius 3 is 1.75 bits per heavy atom. The van der Waals surface area contributed by atoms with Crippen LogP contribution in [0.15, 0.2) is 11.8 Å². The number of aliphatic hydroxyl groups is 1. The van der Waals surface area contributed by atoms with Gasteiger partial charge in [-0.05, 0) is 0 Å². The molecule has 12 heavy (non-hydrogen) atoms. The number of hydrogen-bond acceptors (Lipinski definition) is 2. The van der Waals surface area contributed by atoms with Gasteiger partial charge in [0.15, 0.2) is 0 Å². The third-order valence-electron chi connectivity index (χ3n) is 1.06. The Morgan fingerprint density at radius 2 is 1.67 bits per heavy atom. The molecule has 0 atom stereocenters. The van der Waals surface area contributed by atoms with E-state index in [9.17, 15) is 5.11 Å². The first-order chi connectivity index (χ1) is 5.34. The minimum atomic E-state index is -0.314. The molecule has 3 heteroatoms. The molecule has 0 bridgehead atoms.